The monoisotopic (exact) mass is 284 g/mol. The fourth-order valence-corrected chi connectivity index (χ4v) is 1.77. The number of nitrogens with one attached hydrogen (secondary N) is 2. The third-order valence-corrected chi connectivity index (χ3v) is 3.33. The van der Waals surface area contributed by atoms with Gasteiger partial charge in [-0.1, -0.05) is 13.3 Å². The molecule has 0 aromatic rings. The maximum Gasteiger partial charge on any atom is 0.314 e. The molecule has 0 saturated carbocycles. The quantitative estimate of drug-likeness (QED) is 0.535. The number of carbonyl (C=O) groups is 2. The van der Waals surface area contributed by atoms with Crippen LogP contribution in [0.3, 0.4) is 0 Å². The molecule has 7 nitrogen and oxygen atoms in total. The molecule has 7 heteroatoms. The average molecular weight is 284 g/mol. The van der Waals surface area contributed by atoms with Gasteiger partial charge in [0, 0.05) is 13.1 Å². The zero-order chi connectivity index (χ0) is 15.0. The molecule has 114 valence electrons. The number of hydrogen-bond acceptors (Lipinski definition) is 4. The summed E-state index contributed by atoms with van der Waals surface area (Å²) in [4.78, 5) is 22.0. The molecule has 0 aromatic carbocycles. The Morgan fingerprint density at radius 2 is 1.75 bits per heavy atom. The first-order valence-corrected chi connectivity index (χ1v) is 7.11. The van der Waals surface area contributed by atoms with Crippen LogP contribution in [0.1, 0.15) is 46.0 Å². The van der Waals surface area contributed by atoms with E-state index in [0.29, 0.717) is 19.5 Å². The third kappa shape index (κ3) is 7.06. The first kappa shape index (κ1) is 16.4. The van der Waals surface area contributed by atoms with E-state index in [2.05, 4.69) is 20.9 Å². The highest BCUT2D eigenvalue weighted by atomic mass is 16.4. The molecular weight excluding hydrogens is 260 g/mol. The van der Waals surface area contributed by atoms with Crippen LogP contribution in [-0.4, -0.2) is 35.9 Å². The molecule has 0 aliphatic carbocycles. The minimum absolute atomic E-state index is 0.175. The lowest BCUT2D eigenvalue weighted by Gasteiger charge is -2.09. The molecule has 0 unspecified atom stereocenters. The molecule has 0 aromatic heterocycles. The van der Waals surface area contributed by atoms with Crippen molar-refractivity contribution in [2.45, 2.75) is 51.6 Å². The smallest absolute Gasteiger partial charge is 0.314 e. The minimum atomic E-state index is -0.765. The molecule has 1 heterocycles. The van der Waals surface area contributed by atoms with Crippen molar-refractivity contribution < 1.29 is 14.7 Å². The number of aliphatic carboxylic acids is 1. The Labute approximate surface area is 119 Å². The van der Waals surface area contributed by atoms with Gasteiger partial charge in [0.05, 0.1) is 5.92 Å². The van der Waals surface area contributed by atoms with Crippen LogP contribution in [-0.2, 0) is 4.79 Å². The van der Waals surface area contributed by atoms with Crippen molar-refractivity contribution in [3.05, 3.63) is 0 Å². The van der Waals surface area contributed by atoms with Gasteiger partial charge in [-0.25, -0.2) is 4.79 Å². The number of rotatable bonds is 10. The number of amides is 2. The highest BCUT2D eigenvalue weighted by Crippen LogP contribution is 2.31. The summed E-state index contributed by atoms with van der Waals surface area (Å²) in [5.74, 6) is -1.08. The van der Waals surface area contributed by atoms with Crippen molar-refractivity contribution in [3.8, 4) is 0 Å². The van der Waals surface area contributed by atoms with Gasteiger partial charge in [-0.2, -0.15) is 10.2 Å². The van der Waals surface area contributed by atoms with E-state index >= 15 is 0 Å². The Bertz CT molecular complexity index is 365. The van der Waals surface area contributed by atoms with E-state index in [0.717, 1.165) is 25.7 Å². The second-order valence-corrected chi connectivity index (χ2v) is 5.44. The topological polar surface area (TPSA) is 103 Å². The molecule has 1 aliphatic rings. The Hall–Kier alpha value is -1.66. The summed E-state index contributed by atoms with van der Waals surface area (Å²) in [6, 6.07) is -0.175. The summed E-state index contributed by atoms with van der Waals surface area (Å²) in [6.45, 7) is 4.84. The zero-order valence-corrected chi connectivity index (χ0v) is 12.2. The first-order valence-electron chi connectivity index (χ1n) is 7.11. The molecule has 1 aliphatic heterocycles. The summed E-state index contributed by atoms with van der Waals surface area (Å²) in [5.41, 5.74) is -0.195. The SMILES string of the molecule is C[C@@H](CCCCNC(=O)NCCCC1(C)N=N1)C(=O)O. The minimum Gasteiger partial charge on any atom is -0.481 e. The molecule has 0 fully saturated rings. The van der Waals surface area contributed by atoms with Gasteiger partial charge in [0.1, 0.15) is 0 Å². The first-order chi connectivity index (χ1) is 9.43. The van der Waals surface area contributed by atoms with Crippen molar-refractivity contribution >= 4 is 12.0 Å². The Morgan fingerprint density at radius 3 is 2.30 bits per heavy atom. The molecule has 20 heavy (non-hydrogen) atoms. The van der Waals surface area contributed by atoms with E-state index in [1.165, 1.54) is 0 Å². The van der Waals surface area contributed by atoms with E-state index < -0.39 is 5.97 Å². The maximum absolute atomic E-state index is 11.4. The summed E-state index contributed by atoms with van der Waals surface area (Å²) in [6.07, 6.45) is 3.95. The van der Waals surface area contributed by atoms with Gasteiger partial charge in [0.15, 0.2) is 5.66 Å². The third-order valence-electron chi connectivity index (χ3n) is 3.33. The number of carbonyl (C=O) groups excluding carboxylic acids is 1. The number of carboxylic acids is 1. The molecule has 2 amide bonds. The van der Waals surface area contributed by atoms with Crippen LogP contribution in [0.25, 0.3) is 0 Å². The van der Waals surface area contributed by atoms with Crippen LogP contribution in [0.5, 0.6) is 0 Å². The lowest BCUT2D eigenvalue weighted by Crippen LogP contribution is -2.36. The van der Waals surface area contributed by atoms with E-state index in [1.54, 1.807) is 6.92 Å². The van der Waals surface area contributed by atoms with Crippen LogP contribution >= 0.6 is 0 Å². The molecule has 0 spiro atoms. The zero-order valence-electron chi connectivity index (χ0n) is 12.2. The summed E-state index contributed by atoms with van der Waals surface area (Å²) in [5, 5.41) is 22.0. The number of hydrogen-bond donors (Lipinski definition) is 3. The van der Waals surface area contributed by atoms with Gasteiger partial charge in [-0.3, -0.25) is 4.79 Å². The van der Waals surface area contributed by atoms with Gasteiger partial charge >= 0.3 is 12.0 Å². The van der Waals surface area contributed by atoms with E-state index in [9.17, 15) is 9.59 Å². The van der Waals surface area contributed by atoms with Gasteiger partial charge < -0.3 is 15.7 Å². The van der Waals surface area contributed by atoms with Crippen LogP contribution < -0.4 is 10.6 Å². The molecule has 1 rings (SSSR count). The van der Waals surface area contributed by atoms with Gasteiger partial charge in [-0.05, 0) is 32.6 Å². The molecule has 0 bridgehead atoms. The standard InChI is InChI=1S/C13H24N4O3/c1-10(11(18)19)6-3-4-8-14-12(20)15-9-5-7-13(2)16-17-13/h10H,3-9H2,1-2H3,(H,18,19)(H2,14,15,20)/t10-/m0/s1. The van der Waals surface area contributed by atoms with Crippen molar-refractivity contribution in [3.63, 3.8) is 0 Å². The Balaban J connectivity index is 1.88. The number of urea groups is 1. The van der Waals surface area contributed by atoms with Gasteiger partial charge in [0.25, 0.3) is 0 Å². The second kappa shape index (κ2) is 7.81. The summed E-state index contributed by atoms with van der Waals surface area (Å²) < 4.78 is 0. The van der Waals surface area contributed by atoms with Gasteiger partial charge in [0.2, 0.25) is 0 Å². The van der Waals surface area contributed by atoms with Crippen LogP contribution in [0.15, 0.2) is 10.2 Å². The van der Waals surface area contributed by atoms with Crippen LogP contribution in [0.4, 0.5) is 4.79 Å². The molecular formula is C13H24N4O3. The lowest BCUT2D eigenvalue weighted by atomic mass is 10.0. The fourth-order valence-electron chi connectivity index (χ4n) is 1.77. The number of nitrogens with zero attached hydrogens (tertiary/aromatic N) is 2. The van der Waals surface area contributed by atoms with Crippen molar-refractivity contribution in [2.24, 2.45) is 16.1 Å². The van der Waals surface area contributed by atoms with E-state index in [1.807, 2.05) is 6.92 Å². The molecule has 3 N–H and O–H groups in total. The molecule has 0 saturated heterocycles. The summed E-state index contributed by atoms with van der Waals surface area (Å²) in [7, 11) is 0. The maximum atomic E-state index is 11.4. The average Bonchev–Trinajstić information content (AvgIpc) is 3.12. The van der Waals surface area contributed by atoms with E-state index in [4.69, 9.17) is 5.11 Å². The predicted molar refractivity (Wildman–Crippen MR) is 74.5 cm³/mol. The second-order valence-electron chi connectivity index (χ2n) is 5.44. The van der Waals surface area contributed by atoms with E-state index in [-0.39, 0.29) is 17.6 Å². The Morgan fingerprint density at radius 1 is 1.15 bits per heavy atom. The van der Waals surface area contributed by atoms with Crippen molar-refractivity contribution in [2.75, 3.05) is 13.1 Å². The Kier molecular flexibility index (Phi) is 6.41. The largest absolute Gasteiger partial charge is 0.481 e. The lowest BCUT2D eigenvalue weighted by molar-refractivity contribution is -0.141. The highest BCUT2D eigenvalue weighted by molar-refractivity contribution is 5.73. The molecule has 1 atom stereocenters. The van der Waals surface area contributed by atoms with Crippen LogP contribution in [0, 0.1) is 5.92 Å². The van der Waals surface area contributed by atoms with Crippen molar-refractivity contribution in [1.29, 1.82) is 0 Å². The predicted octanol–water partition coefficient (Wildman–Crippen LogP) is 2.14. The van der Waals surface area contributed by atoms with Crippen molar-refractivity contribution in [1.82, 2.24) is 10.6 Å². The summed E-state index contributed by atoms with van der Waals surface area (Å²) >= 11 is 0. The highest BCUT2D eigenvalue weighted by Gasteiger charge is 2.32. The normalized spacial score (nSPS) is 16.5. The number of unbranched alkanes of at least 4 members (excludes halogenated alkanes) is 1. The van der Waals surface area contributed by atoms with Gasteiger partial charge in [-0.15, -0.1) is 0 Å². The molecule has 0 radical (unpaired) electrons. The number of carboxylic acid groups (broad SMARTS) is 1. The fraction of sp³-hybridized carbons (Fsp3) is 0.846. The van der Waals surface area contributed by atoms with Crippen LogP contribution in [0.2, 0.25) is 0 Å².